The number of para-hydroxylation sites is 1. The number of nitrogen functional groups attached to an aromatic ring is 1. The third-order valence-electron chi connectivity index (χ3n) is 7.12. The van der Waals surface area contributed by atoms with Crippen LogP contribution in [0.3, 0.4) is 0 Å². The molecule has 228 valence electrons. The Hall–Kier alpha value is -3.71. The first-order chi connectivity index (χ1) is 20.3. The Labute approximate surface area is 252 Å². The van der Waals surface area contributed by atoms with E-state index in [1.54, 1.807) is 37.4 Å². The molecule has 0 aliphatic rings. The Morgan fingerprint density at radius 1 is 0.952 bits per heavy atom. The van der Waals surface area contributed by atoms with E-state index in [-0.39, 0.29) is 17.5 Å². The first-order valence-electron chi connectivity index (χ1n) is 15.2. The van der Waals surface area contributed by atoms with E-state index in [0.717, 1.165) is 37.9 Å². The highest BCUT2D eigenvalue weighted by Gasteiger charge is 2.17. The van der Waals surface area contributed by atoms with Crippen molar-refractivity contribution < 1.29 is 13.9 Å². The molecule has 0 radical (unpaired) electrons. The van der Waals surface area contributed by atoms with E-state index in [1.165, 1.54) is 30.9 Å². The number of unbranched alkanes of at least 4 members (excludes halogenated alkanes) is 1. The summed E-state index contributed by atoms with van der Waals surface area (Å²) in [5, 5.41) is 6.02. The third-order valence-corrected chi connectivity index (χ3v) is 7.12. The van der Waals surface area contributed by atoms with Crippen molar-refractivity contribution in [3.8, 4) is 0 Å². The van der Waals surface area contributed by atoms with Crippen LogP contribution in [0.2, 0.25) is 0 Å². The molecule has 1 heterocycles. The predicted octanol–water partition coefficient (Wildman–Crippen LogP) is 9.23. The van der Waals surface area contributed by atoms with Gasteiger partial charge in [-0.1, -0.05) is 71.2 Å². The van der Waals surface area contributed by atoms with Crippen LogP contribution in [0.15, 0.2) is 66.2 Å². The van der Waals surface area contributed by atoms with Gasteiger partial charge in [-0.05, 0) is 86.1 Å². The third kappa shape index (κ3) is 10.6. The number of ether oxygens (including phenoxy) is 1. The largest absolute Gasteiger partial charge is 0.385 e. The van der Waals surface area contributed by atoms with Crippen LogP contribution in [0.4, 0.5) is 21.7 Å². The molecule has 0 aliphatic carbocycles. The number of nitrogens with two attached hydrogens (primary N) is 1. The molecule has 4 N–H and O–H groups in total. The lowest BCUT2D eigenvalue weighted by Crippen LogP contribution is -2.24. The van der Waals surface area contributed by atoms with Crippen molar-refractivity contribution >= 4 is 28.9 Å². The number of hydrogen-bond donors (Lipinski definition) is 3. The standard InChI is InChI=1S/C31H39FN4O.C4H10O/c1-5-8-12-22(11-6-2)23-15-17-24(18-16-23)31(37)36-29(21(4)7-3)25-19-20-28(35-30(25)33)34-27-14-10-9-13-26(27)32;1-3-4-5-2/h9-10,13-20,22H,5-8,11-12H2,1-4H3,(H,36,37)(H3,33,34,35);3-4H2,1-2H3. The fraction of sp³-hybridized carbons (Fsp3) is 0.429. The van der Waals surface area contributed by atoms with Crippen molar-refractivity contribution in [2.24, 2.45) is 0 Å². The van der Waals surface area contributed by atoms with Gasteiger partial charge in [0, 0.05) is 24.8 Å². The molecule has 0 bridgehead atoms. The molecule has 0 fully saturated rings. The Bertz CT molecular complexity index is 1270. The first kappa shape index (κ1) is 34.5. The quantitative estimate of drug-likeness (QED) is 0.178. The molecule has 0 saturated carbocycles. The van der Waals surface area contributed by atoms with Crippen LogP contribution in [-0.4, -0.2) is 24.6 Å². The average molecular weight is 577 g/mol. The molecule has 3 rings (SSSR count). The van der Waals surface area contributed by atoms with Gasteiger partial charge in [0.15, 0.2) is 0 Å². The minimum atomic E-state index is -0.376. The Morgan fingerprint density at radius 2 is 1.67 bits per heavy atom. The molecule has 6 nitrogen and oxygen atoms in total. The summed E-state index contributed by atoms with van der Waals surface area (Å²) in [6.45, 7) is 11.4. The molecule has 0 saturated heterocycles. The number of nitrogens with zero attached hydrogens (tertiary/aromatic N) is 1. The van der Waals surface area contributed by atoms with Gasteiger partial charge in [-0.3, -0.25) is 4.79 Å². The van der Waals surface area contributed by atoms with E-state index >= 15 is 0 Å². The monoisotopic (exact) mass is 576 g/mol. The second-order valence-corrected chi connectivity index (χ2v) is 10.4. The van der Waals surface area contributed by atoms with Crippen molar-refractivity contribution in [1.82, 2.24) is 10.3 Å². The highest BCUT2D eigenvalue weighted by atomic mass is 19.1. The van der Waals surface area contributed by atoms with Crippen LogP contribution in [0.25, 0.3) is 5.70 Å². The van der Waals surface area contributed by atoms with Crippen molar-refractivity contribution in [3.63, 3.8) is 0 Å². The van der Waals surface area contributed by atoms with E-state index in [0.29, 0.717) is 34.2 Å². The van der Waals surface area contributed by atoms with Crippen molar-refractivity contribution in [2.45, 2.75) is 85.5 Å². The number of aromatic nitrogens is 1. The van der Waals surface area contributed by atoms with Gasteiger partial charge in [0.05, 0.1) is 11.4 Å². The maximum absolute atomic E-state index is 14.0. The SMILES string of the molecule is CCCCC(CCC)c1ccc(C(=O)NC(=C(C)CC)c2ccc(Nc3ccccc3F)nc2N)cc1.CCCOC. The maximum Gasteiger partial charge on any atom is 0.255 e. The number of carbonyl (C=O) groups excluding carboxylic acids is 1. The van der Waals surface area contributed by atoms with Crippen LogP contribution in [-0.2, 0) is 4.74 Å². The summed E-state index contributed by atoms with van der Waals surface area (Å²) < 4.78 is 18.7. The lowest BCUT2D eigenvalue weighted by molar-refractivity contribution is 0.0973. The fourth-order valence-electron chi connectivity index (χ4n) is 4.61. The number of methoxy groups -OCH3 is 1. The summed E-state index contributed by atoms with van der Waals surface area (Å²) >= 11 is 0. The summed E-state index contributed by atoms with van der Waals surface area (Å²) in [4.78, 5) is 17.6. The smallest absolute Gasteiger partial charge is 0.255 e. The van der Waals surface area contributed by atoms with Gasteiger partial charge in [0.2, 0.25) is 0 Å². The number of benzene rings is 2. The number of halogens is 1. The van der Waals surface area contributed by atoms with Gasteiger partial charge in [-0.15, -0.1) is 0 Å². The lowest BCUT2D eigenvalue weighted by Gasteiger charge is -2.18. The highest BCUT2D eigenvalue weighted by Crippen LogP contribution is 2.29. The topological polar surface area (TPSA) is 89.3 Å². The van der Waals surface area contributed by atoms with Crippen molar-refractivity contribution in [3.05, 3.63) is 88.7 Å². The summed E-state index contributed by atoms with van der Waals surface area (Å²) in [6, 6.07) is 17.9. The number of pyridine rings is 1. The number of nitrogens with one attached hydrogen (secondary N) is 2. The molecule has 1 amide bonds. The summed E-state index contributed by atoms with van der Waals surface area (Å²) in [7, 11) is 1.71. The van der Waals surface area contributed by atoms with Crippen LogP contribution in [0, 0.1) is 5.82 Å². The van der Waals surface area contributed by atoms with E-state index in [2.05, 4.69) is 48.5 Å². The van der Waals surface area contributed by atoms with Gasteiger partial charge >= 0.3 is 0 Å². The minimum Gasteiger partial charge on any atom is -0.385 e. The minimum absolute atomic E-state index is 0.192. The molecule has 0 aliphatic heterocycles. The summed E-state index contributed by atoms with van der Waals surface area (Å²) in [6.07, 6.45) is 7.72. The average Bonchev–Trinajstić information content (AvgIpc) is 3.00. The van der Waals surface area contributed by atoms with Gasteiger partial charge in [-0.25, -0.2) is 9.37 Å². The summed E-state index contributed by atoms with van der Waals surface area (Å²) in [5.74, 6) is 0.633. The molecule has 1 atom stereocenters. The molecule has 0 spiro atoms. The molecule has 1 aromatic heterocycles. The molecule has 7 heteroatoms. The molecule has 1 unspecified atom stereocenters. The molecule has 3 aromatic rings. The Kier molecular flexibility index (Phi) is 15.3. The van der Waals surface area contributed by atoms with Crippen LogP contribution in [0.1, 0.15) is 107 Å². The zero-order valence-electron chi connectivity index (χ0n) is 26.2. The highest BCUT2D eigenvalue weighted by molar-refractivity contribution is 6.00. The summed E-state index contributed by atoms with van der Waals surface area (Å²) in [5.41, 5.74) is 10.8. The van der Waals surface area contributed by atoms with Gasteiger partial charge < -0.3 is 21.1 Å². The lowest BCUT2D eigenvalue weighted by atomic mass is 9.89. The molecule has 2 aromatic carbocycles. The van der Waals surface area contributed by atoms with E-state index in [9.17, 15) is 9.18 Å². The van der Waals surface area contributed by atoms with Gasteiger partial charge in [-0.2, -0.15) is 0 Å². The number of anilines is 3. The second kappa shape index (κ2) is 18.7. The van der Waals surface area contributed by atoms with E-state index in [4.69, 9.17) is 10.5 Å². The van der Waals surface area contributed by atoms with Crippen LogP contribution in [0.5, 0.6) is 0 Å². The molecular formula is C35H49FN4O2. The van der Waals surface area contributed by atoms with E-state index in [1.807, 2.05) is 26.0 Å². The number of rotatable bonds is 14. The second-order valence-electron chi connectivity index (χ2n) is 10.4. The van der Waals surface area contributed by atoms with Crippen LogP contribution < -0.4 is 16.4 Å². The van der Waals surface area contributed by atoms with Crippen LogP contribution >= 0.6 is 0 Å². The van der Waals surface area contributed by atoms with E-state index < -0.39 is 0 Å². The zero-order valence-corrected chi connectivity index (χ0v) is 26.2. The Morgan fingerprint density at radius 3 is 2.21 bits per heavy atom. The fourth-order valence-corrected chi connectivity index (χ4v) is 4.61. The molecular weight excluding hydrogens is 527 g/mol. The van der Waals surface area contributed by atoms with Gasteiger partial charge in [0.25, 0.3) is 5.91 Å². The molecule has 42 heavy (non-hydrogen) atoms. The normalized spacial score (nSPS) is 12.1. The Balaban J connectivity index is 0.00000113. The predicted molar refractivity (Wildman–Crippen MR) is 174 cm³/mol. The number of amides is 1. The zero-order chi connectivity index (χ0) is 30.9. The number of hydrogen-bond acceptors (Lipinski definition) is 5. The van der Waals surface area contributed by atoms with Crippen molar-refractivity contribution in [1.29, 1.82) is 0 Å². The number of allylic oxidation sites excluding steroid dienone is 1. The number of carbonyl (C=O) groups is 1. The first-order valence-corrected chi connectivity index (χ1v) is 15.2. The van der Waals surface area contributed by atoms with Crippen molar-refractivity contribution in [2.75, 3.05) is 24.8 Å². The maximum atomic E-state index is 14.0. The van der Waals surface area contributed by atoms with Gasteiger partial charge in [0.1, 0.15) is 17.5 Å².